The molecule has 6 nitrogen and oxygen atoms in total. The summed E-state index contributed by atoms with van der Waals surface area (Å²) < 4.78 is 10.7. The van der Waals surface area contributed by atoms with E-state index in [1.165, 1.54) is 0 Å². The van der Waals surface area contributed by atoms with E-state index in [9.17, 15) is 4.79 Å². The fourth-order valence-corrected chi connectivity index (χ4v) is 3.99. The molecule has 138 valence electrons. The molecule has 1 aliphatic heterocycles. The second-order valence-corrected chi connectivity index (χ2v) is 7.35. The van der Waals surface area contributed by atoms with Gasteiger partial charge in [0.1, 0.15) is 11.8 Å². The normalized spacial score (nSPS) is 21.9. The first-order chi connectivity index (χ1) is 12.6. The lowest BCUT2D eigenvalue weighted by Gasteiger charge is -2.31. The number of rotatable bonds is 4. The summed E-state index contributed by atoms with van der Waals surface area (Å²) in [6, 6.07) is 7.80. The van der Waals surface area contributed by atoms with E-state index in [4.69, 9.17) is 9.26 Å². The fourth-order valence-electron chi connectivity index (χ4n) is 3.99. The summed E-state index contributed by atoms with van der Waals surface area (Å²) in [5.74, 6) is 2.20. The van der Waals surface area contributed by atoms with Gasteiger partial charge in [-0.1, -0.05) is 30.1 Å². The Labute approximate surface area is 153 Å². The molecule has 6 heteroatoms. The minimum atomic E-state index is -0.399. The van der Waals surface area contributed by atoms with Crippen molar-refractivity contribution in [1.29, 1.82) is 0 Å². The number of nitrogens with zero attached hydrogens (tertiary/aromatic N) is 3. The van der Waals surface area contributed by atoms with Crippen molar-refractivity contribution in [2.45, 2.75) is 56.9 Å². The summed E-state index contributed by atoms with van der Waals surface area (Å²) in [7, 11) is 1.65. The van der Waals surface area contributed by atoms with Crippen molar-refractivity contribution in [2.24, 2.45) is 0 Å². The Morgan fingerprint density at radius 3 is 2.62 bits per heavy atom. The Balaban J connectivity index is 1.63. The van der Waals surface area contributed by atoms with Gasteiger partial charge in [0.05, 0.1) is 12.5 Å². The lowest BCUT2D eigenvalue weighted by Crippen LogP contribution is -2.41. The van der Waals surface area contributed by atoms with Crippen LogP contribution in [0.3, 0.4) is 0 Å². The highest BCUT2D eigenvalue weighted by Gasteiger charge is 2.54. The maximum Gasteiger partial charge on any atom is 0.249 e. The second kappa shape index (κ2) is 6.74. The van der Waals surface area contributed by atoms with E-state index < -0.39 is 5.41 Å². The van der Waals surface area contributed by atoms with Gasteiger partial charge in [-0.3, -0.25) is 4.79 Å². The number of hydrogen-bond acceptors (Lipinski definition) is 5. The molecule has 0 radical (unpaired) electrons. The third kappa shape index (κ3) is 2.97. The van der Waals surface area contributed by atoms with E-state index >= 15 is 0 Å². The van der Waals surface area contributed by atoms with E-state index in [0.717, 1.165) is 56.4 Å². The van der Waals surface area contributed by atoms with Crippen molar-refractivity contribution in [3.63, 3.8) is 0 Å². The second-order valence-electron chi connectivity index (χ2n) is 7.35. The zero-order valence-electron chi connectivity index (χ0n) is 15.4. The van der Waals surface area contributed by atoms with Crippen molar-refractivity contribution in [1.82, 2.24) is 15.0 Å². The molecule has 1 amide bonds. The van der Waals surface area contributed by atoms with Gasteiger partial charge in [-0.2, -0.15) is 4.98 Å². The summed E-state index contributed by atoms with van der Waals surface area (Å²) >= 11 is 0. The summed E-state index contributed by atoms with van der Waals surface area (Å²) in [5, 5.41) is 3.93. The number of ether oxygens (including phenoxy) is 1. The van der Waals surface area contributed by atoms with E-state index in [2.05, 4.69) is 10.1 Å². The molecular formula is C20H25N3O3. The third-order valence-corrected chi connectivity index (χ3v) is 5.64. The summed E-state index contributed by atoms with van der Waals surface area (Å²) in [6.07, 6.45) is 5.89. The first kappa shape index (κ1) is 17.1. The topological polar surface area (TPSA) is 68.5 Å². The zero-order valence-corrected chi connectivity index (χ0v) is 15.4. The number of carbonyl (C=O) groups excluding carboxylic acids is 1. The highest BCUT2D eigenvalue weighted by Crippen LogP contribution is 2.51. The summed E-state index contributed by atoms with van der Waals surface area (Å²) in [6.45, 7) is 2.57. The molecule has 0 N–H and O–H groups in total. The van der Waals surface area contributed by atoms with Crippen LogP contribution in [0.5, 0.6) is 5.75 Å². The Morgan fingerprint density at radius 2 is 2.00 bits per heavy atom. The van der Waals surface area contributed by atoms with Crippen molar-refractivity contribution < 1.29 is 14.1 Å². The van der Waals surface area contributed by atoms with Gasteiger partial charge in [-0.05, 0) is 50.3 Å². The van der Waals surface area contributed by atoms with Gasteiger partial charge in [0.25, 0.3) is 0 Å². The molecule has 1 atom stereocenters. The van der Waals surface area contributed by atoms with Gasteiger partial charge < -0.3 is 14.2 Å². The van der Waals surface area contributed by atoms with Crippen molar-refractivity contribution in [2.75, 3.05) is 13.7 Å². The number of benzene rings is 1. The molecule has 2 heterocycles. The number of methoxy groups -OCH3 is 1. The molecule has 1 aromatic carbocycles. The molecule has 26 heavy (non-hydrogen) atoms. The van der Waals surface area contributed by atoms with Crippen LogP contribution in [-0.4, -0.2) is 34.6 Å². The fraction of sp³-hybridized carbons (Fsp3) is 0.550. The Morgan fingerprint density at radius 1 is 1.23 bits per heavy atom. The number of aromatic nitrogens is 2. The molecule has 1 saturated carbocycles. The molecule has 2 fully saturated rings. The molecule has 0 spiro atoms. The number of hydrogen-bond donors (Lipinski definition) is 0. The van der Waals surface area contributed by atoms with Crippen LogP contribution in [0.1, 0.15) is 61.8 Å². The van der Waals surface area contributed by atoms with Gasteiger partial charge in [-0.15, -0.1) is 0 Å². The van der Waals surface area contributed by atoms with E-state index in [-0.39, 0.29) is 11.9 Å². The zero-order chi connectivity index (χ0) is 18.1. The predicted octanol–water partition coefficient (Wildman–Crippen LogP) is 3.56. The summed E-state index contributed by atoms with van der Waals surface area (Å²) in [4.78, 5) is 20.0. The Hall–Kier alpha value is -2.37. The maximum absolute atomic E-state index is 13.6. The molecule has 0 bridgehead atoms. The van der Waals surface area contributed by atoms with E-state index in [1.54, 1.807) is 7.11 Å². The highest BCUT2D eigenvalue weighted by molar-refractivity contribution is 5.91. The predicted molar refractivity (Wildman–Crippen MR) is 95.9 cm³/mol. The number of amides is 1. The quantitative estimate of drug-likeness (QED) is 0.839. The average molecular weight is 355 g/mol. The Kier molecular flexibility index (Phi) is 4.42. The van der Waals surface area contributed by atoms with Crippen LogP contribution in [0.4, 0.5) is 0 Å². The average Bonchev–Trinajstić information content (AvgIpc) is 3.42. The SMILES string of the molecule is COc1ccc(C2(C(=O)N3CCCCCC3c3nc(C)no3)CC2)cc1. The first-order valence-corrected chi connectivity index (χ1v) is 9.40. The van der Waals surface area contributed by atoms with Gasteiger partial charge in [0, 0.05) is 6.54 Å². The van der Waals surface area contributed by atoms with Crippen molar-refractivity contribution in [3.8, 4) is 5.75 Å². The van der Waals surface area contributed by atoms with Crippen LogP contribution in [0.25, 0.3) is 0 Å². The van der Waals surface area contributed by atoms with Crippen molar-refractivity contribution in [3.05, 3.63) is 41.5 Å². The van der Waals surface area contributed by atoms with Gasteiger partial charge in [0.2, 0.25) is 11.8 Å². The first-order valence-electron chi connectivity index (χ1n) is 9.40. The molecule has 2 aliphatic rings. The maximum atomic E-state index is 13.6. The van der Waals surface area contributed by atoms with Crippen LogP contribution < -0.4 is 4.74 Å². The van der Waals surface area contributed by atoms with Crippen LogP contribution in [0.15, 0.2) is 28.8 Å². The van der Waals surface area contributed by atoms with Gasteiger partial charge in [-0.25, -0.2) is 0 Å². The lowest BCUT2D eigenvalue weighted by atomic mass is 9.93. The van der Waals surface area contributed by atoms with E-state index in [0.29, 0.717) is 11.7 Å². The van der Waals surface area contributed by atoms with E-state index in [1.807, 2.05) is 36.1 Å². The highest BCUT2D eigenvalue weighted by atomic mass is 16.5. The minimum absolute atomic E-state index is 0.109. The van der Waals surface area contributed by atoms with Crippen molar-refractivity contribution >= 4 is 5.91 Å². The third-order valence-electron chi connectivity index (χ3n) is 5.64. The Bertz CT molecular complexity index is 780. The standard InChI is InChI=1S/C20H25N3O3/c1-14-21-18(26-22-14)17-6-4-3-5-13-23(17)19(24)20(11-12-20)15-7-9-16(25-2)10-8-15/h7-10,17H,3-6,11-13H2,1-2H3. The molecular weight excluding hydrogens is 330 g/mol. The molecule has 1 unspecified atom stereocenters. The minimum Gasteiger partial charge on any atom is -0.497 e. The molecule has 1 aromatic heterocycles. The number of carbonyl (C=O) groups is 1. The molecule has 2 aromatic rings. The van der Waals surface area contributed by atoms with Gasteiger partial charge >= 0.3 is 0 Å². The molecule has 1 aliphatic carbocycles. The molecule has 1 saturated heterocycles. The molecule has 4 rings (SSSR count). The van der Waals surface area contributed by atoms with Crippen LogP contribution in [-0.2, 0) is 10.2 Å². The van der Waals surface area contributed by atoms with Crippen LogP contribution in [0.2, 0.25) is 0 Å². The van der Waals surface area contributed by atoms with Crippen LogP contribution in [0, 0.1) is 6.92 Å². The smallest absolute Gasteiger partial charge is 0.249 e. The monoisotopic (exact) mass is 355 g/mol. The largest absolute Gasteiger partial charge is 0.497 e. The number of aryl methyl sites for hydroxylation is 1. The summed E-state index contributed by atoms with van der Waals surface area (Å²) in [5.41, 5.74) is 0.678. The number of likely N-dealkylation sites (tertiary alicyclic amines) is 1. The lowest BCUT2D eigenvalue weighted by molar-refractivity contribution is -0.137. The van der Waals surface area contributed by atoms with Crippen LogP contribution >= 0.6 is 0 Å². The van der Waals surface area contributed by atoms with Gasteiger partial charge in [0.15, 0.2) is 5.82 Å².